The fourth-order valence-corrected chi connectivity index (χ4v) is 5.01. The lowest BCUT2D eigenvalue weighted by molar-refractivity contribution is 0.00587. The molecule has 2 aromatic heterocycles. The van der Waals surface area contributed by atoms with Gasteiger partial charge in [-0.05, 0) is 35.7 Å². The SMILES string of the molecule is COc1ccc(-c2cn3c(n2)COC(CNS(=O)(=O)c2cccs2)C3)cc1. The number of sulfonamides is 1. The second-order valence-electron chi connectivity index (χ2n) is 6.14. The molecular weight excluding hydrogens is 386 g/mol. The monoisotopic (exact) mass is 405 g/mol. The van der Waals surface area contributed by atoms with Crippen LogP contribution in [0.5, 0.6) is 5.75 Å². The van der Waals surface area contributed by atoms with Crippen molar-refractivity contribution in [1.82, 2.24) is 14.3 Å². The van der Waals surface area contributed by atoms with Gasteiger partial charge in [0.05, 0.1) is 25.5 Å². The fraction of sp³-hybridized carbons (Fsp3) is 0.278. The predicted molar refractivity (Wildman–Crippen MR) is 102 cm³/mol. The largest absolute Gasteiger partial charge is 0.497 e. The number of hydrogen-bond donors (Lipinski definition) is 1. The van der Waals surface area contributed by atoms with Crippen molar-refractivity contribution in [3.05, 3.63) is 53.8 Å². The summed E-state index contributed by atoms with van der Waals surface area (Å²) in [6, 6.07) is 11.0. The van der Waals surface area contributed by atoms with Gasteiger partial charge >= 0.3 is 0 Å². The van der Waals surface area contributed by atoms with Crippen LogP contribution < -0.4 is 9.46 Å². The van der Waals surface area contributed by atoms with Crippen LogP contribution in [-0.2, 0) is 27.9 Å². The Labute approximate surface area is 161 Å². The summed E-state index contributed by atoms with van der Waals surface area (Å²) in [6.07, 6.45) is 1.73. The minimum atomic E-state index is -3.49. The number of nitrogens with one attached hydrogen (secondary N) is 1. The summed E-state index contributed by atoms with van der Waals surface area (Å²) in [7, 11) is -1.85. The molecule has 0 amide bonds. The zero-order valence-corrected chi connectivity index (χ0v) is 16.3. The summed E-state index contributed by atoms with van der Waals surface area (Å²) in [6.45, 7) is 1.11. The number of rotatable bonds is 6. The Morgan fingerprint density at radius 3 is 2.85 bits per heavy atom. The van der Waals surface area contributed by atoms with Crippen LogP contribution in [0.4, 0.5) is 0 Å². The third-order valence-corrected chi connectivity index (χ3v) is 7.18. The summed E-state index contributed by atoms with van der Waals surface area (Å²) in [4.78, 5) is 4.62. The molecule has 0 spiro atoms. The lowest BCUT2D eigenvalue weighted by Gasteiger charge is -2.24. The minimum absolute atomic E-state index is 0.218. The van der Waals surface area contributed by atoms with Gasteiger partial charge < -0.3 is 14.0 Å². The molecule has 9 heteroatoms. The molecule has 3 aromatic rings. The maximum Gasteiger partial charge on any atom is 0.250 e. The highest BCUT2D eigenvalue weighted by atomic mass is 32.2. The van der Waals surface area contributed by atoms with Gasteiger partial charge in [-0.15, -0.1) is 11.3 Å². The summed E-state index contributed by atoms with van der Waals surface area (Å²) in [5, 5.41) is 1.74. The van der Waals surface area contributed by atoms with Crippen molar-refractivity contribution in [2.45, 2.75) is 23.5 Å². The van der Waals surface area contributed by atoms with E-state index in [1.54, 1.807) is 24.6 Å². The number of methoxy groups -OCH3 is 1. The summed E-state index contributed by atoms with van der Waals surface area (Å²) in [5.41, 5.74) is 1.85. The molecule has 0 saturated heterocycles. The number of aromatic nitrogens is 2. The van der Waals surface area contributed by atoms with E-state index in [9.17, 15) is 8.42 Å². The van der Waals surface area contributed by atoms with E-state index in [0.717, 1.165) is 22.8 Å². The molecular formula is C18H19N3O4S2. The van der Waals surface area contributed by atoms with Crippen molar-refractivity contribution in [2.75, 3.05) is 13.7 Å². The van der Waals surface area contributed by atoms with Crippen molar-refractivity contribution < 1.29 is 17.9 Å². The van der Waals surface area contributed by atoms with Gasteiger partial charge in [0.1, 0.15) is 22.4 Å². The van der Waals surface area contributed by atoms with Gasteiger partial charge in [0.2, 0.25) is 10.0 Å². The smallest absolute Gasteiger partial charge is 0.250 e. The van der Waals surface area contributed by atoms with Crippen LogP contribution in [0.1, 0.15) is 5.82 Å². The first-order valence-corrected chi connectivity index (χ1v) is 10.8. The fourth-order valence-electron chi connectivity index (χ4n) is 2.91. The lowest BCUT2D eigenvalue weighted by Crippen LogP contribution is -2.38. The first kappa shape index (κ1) is 18.2. The van der Waals surface area contributed by atoms with Crippen LogP contribution in [0.2, 0.25) is 0 Å². The molecule has 1 N–H and O–H groups in total. The Morgan fingerprint density at radius 2 is 2.15 bits per heavy atom. The summed E-state index contributed by atoms with van der Waals surface area (Å²) < 4.78 is 40.4. The van der Waals surface area contributed by atoms with E-state index in [1.807, 2.05) is 35.0 Å². The lowest BCUT2D eigenvalue weighted by atomic mass is 10.2. The van der Waals surface area contributed by atoms with E-state index < -0.39 is 10.0 Å². The highest BCUT2D eigenvalue weighted by molar-refractivity contribution is 7.91. The van der Waals surface area contributed by atoms with Crippen molar-refractivity contribution in [3.8, 4) is 17.0 Å². The minimum Gasteiger partial charge on any atom is -0.497 e. The van der Waals surface area contributed by atoms with Crippen molar-refractivity contribution in [2.24, 2.45) is 0 Å². The van der Waals surface area contributed by atoms with Crippen LogP contribution in [0.25, 0.3) is 11.3 Å². The van der Waals surface area contributed by atoms with Crippen LogP contribution in [0, 0.1) is 0 Å². The summed E-state index contributed by atoms with van der Waals surface area (Å²) >= 11 is 1.19. The molecule has 0 saturated carbocycles. The molecule has 142 valence electrons. The van der Waals surface area contributed by atoms with Crippen molar-refractivity contribution >= 4 is 21.4 Å². The normalized spacial score (nSPS) is 16.9. The highest BCUT2D eigenvalue weighted by Crippen LogP contribution is 2.24. The first-order chi connectivity index (χ1) is 13.0. The quantitative estimate of drug-likeness (QED) is 0.681. The zero-order valence-electron chi connectivity index (χ0n) is 14.7. The third kappa shape index (κ3) is 3.91. The first-order valence-electron chi connectivity index (χ1n) is 8.40. The highest BCUT2D eigenvalue weighted by Gasteiger charge is 2.24. The Morgan fingerprint density at radius 1 is 1.33 bits per heavy atom. The van der Waals surface area contributed by atoms with Crippen LogP contribution in [-0.4, -0.2) is 37.7 Å². The number of fused-ring (bicyclic) bond motifs is 1. The maximum absolute atomic E-state index is 12.2. The molecule has 4 rings (SSSR count). The number of thiophene rings is 1. The second kappa shape index (κ2) is 7.43. The molecule has 1 aromatic carbocycles. The van der Waals surface area contributed by atoms with Crippen molar-refractivity contribution in [3.63, 3.8) is 0 Å². The van der Waals surface area contributed by atoms with Gasteiger partial charge in [-0.25, -0.2) is 18.1 Å². The van der Waals surface area contributed by atoms with Crippen LogP contribution in [0.15, 0.2) is 52.2 Å². The van der Waals surface area contributed by atoms with E-state index in [1.165, 1.54) is 11.3 Å². The molecule has 0 bridgehead atoms. The standard InChI is InChI=1S/C18H19N3O4S2/c1-24-14-6-4-13(5-7-14)16-11-21-10-15(25-12-17(21)20-16)9-19-27(22,23)18-3-2-8-26-18/h2-8,11,15,19H,9-10,12H2,1H3. The zero-order chi connectivity index (χ0) is 18.9. The summed E-state index contributed by atoms with van der Waals surface area (Å²) in [5.74, 6) is 1.63. The topological polar surface area (TPSA) is 82.4 Å². The average Bonchev–Trinajstić information content (AvgIpc) is 3.36. The van der Waals surface area contributed by atoms with Gasteiger partial charge in [0, 0.05) is 18.3 Å². The van der Waals surface area contributed by atoms with E-state index in [2.05, 4.69) is 9.71 Å². The van der Waals surface area contributed by atoms with Gasteiger partial charge in [0.25, 0.3) is 0 Å². The number of imidazole rings is 1. The molecule has 1 unspecified atom stereocenters. The molecule has 0 radical (unpaired) electrons. The van der Waals surface area contributed by atoms with E-state index in [-0.39, 0.29) is 12.6 Å². The van der Waals surface area contributed by atoms with Gasteiger partial charge in [-0.3, -0.25) is 0 Å². The van der Waals surface area contributed by atoms with E-state index >= 15 is 0 Å². The number of benzene rings is 1. The molecule has 1 aliphatic rings. The average molecular weight is 406 g/mol. The van der Waals surface area contributed by atoms with Gasteiger partial charge in [0.15, 0.2) is 0 Å². The number of ether oxygens (including phenoxy) is 2. The Balaban J connectivity index is 1.43. The van der Waals surface area contributed by atoms with Crippen molar-refractivity contribution in [1.29, 1.82) is 0 Å². The van der Waals surface area contributed by atoms with E-state index in [0.29, 0.717) is 17.4 Å². The molecule has 1 atom stereocenters. The molecule has 0 aliphatic carbocycles. The second-order valence-corrected chi connectivity index (χ2v) is 9.08. The number of hydrogen-bond acceptors (Lipinski definition) is 6. The Bertz CT molecular complexity index is 1010. The molecule has 27 heavy (non-hydrogen) atoms. The molecule has 3 heterocycles. The van der Waals surface area contributed by atoms with E-state index in [4.69, 9.17) is 9.47 Å². The van der Waals surface area contributed by atoms with Crippen LogP contribution in [0.3, 0.4) is 0 Å². The van der Waals surface area contributed by atoms with Gasteiger partial charge in [-0.2, -0.15) is 0 Å². The molecule has 0 fully saturated rings. The Hall–Kier alpha value is -2.20. The van der Waals surface area contributed by atoms with Crippen LogP contribution >= 0.6 is 11.3 Å². The predicted octanol–water partition coefficient (Wildman–Crippen LogP) is 2.50. The maximum atomic E-state index is 12.2. The molecule has 1 aliphatic heterocycles. The number of nitrogens with zero attached hydrogens (tertiary/aromatic N) is 2. The third-order valence-electron chi connectivity index (χ3n) is 4.35. The van der Waals surface area contributed by atoms with Gasteiger partial charge in [-0.1, -0.05) is 6.07 Å². The molecule has 7 nitrogen and oxygen atoms in total. The Kier molecular flexibility index (Phi) is 5.00.